The van der Waals surface area contributed by atoms with Gasteiger partial charge in [0.05, 0.1) is 25.3 Å². The van der Waals surface area contributed by atoms with Gasteiger partial charge in [0.2, 0.25) is 0 Å². The first-order valence-electron chi connectivity index (χ1n) is 13.1. The third-order valence-electron chi connectivity index (χ3n) is 6.39. The number of nitrogens with one attached hydrogen (secondary N) is 1. The molecule has 0 aliphatic carbocycles. The Morgan fingerprint density at radius 1 is 1.13 bits per heavy atom. The number of fused-ring (bicyclic) bond motifs is 1. The Morgan fingerprint density at radius 3 is 2.84 bits per heavy atom. The van der Waals surface area contributed by atoms with Crippen molar-refractivity contribution in [2.75, 3.05) is 26.4 Å². The maximum atomic E-state index is 11.9. The maximum absolute atomic E-state index is 11.9. The van der Waals surface area contributed by atoms with E-state index in [9.17, 15) is 9.90 Å². The highest BCUT2D eigenvalue weighted by Gasteiger charge is 2.23. The Morgan fingerprint density at radius 2 is 2.03 bits per heavy atom. The summed E-state index contributed by atoms with van der Waals surface area (Å²) in [5.41, 5.74) is 3.38. The summed E-state index contributed by atoms with van der Waals surface area (Å²) in [6, 6.07) is 17.4. The van der Waals surface area contributed by atoms with E-state index >= 15 is 0 Å². The number of aromatic nitrogens is 4. The zero-order chi connectivity index (χ0) is 26.2. The summed E-state index contributed by atoms with van der Waals surface area (Å²) >= 11 is 0. The minimum Gasteiger partial charge on any atom is -0.494 e. The number of hydrogen-bond acceptors (Lipinski definition) is 7. The standard InChI is InChI=1S/C28H33N5O5/c34-16-15-32-14-12-24(30-32)27-23-19-22(10-11-25(23)33(31-27)26-9-4-5-17-37-26)36-18-6-13-29-28(35)38-20-21-7-2-1-3-8-21/h1-3,7-8,10-12,14,19,26,34H,4-6,9,13,15-18,20H2,(H,29,35). The van der Waals surface area contributed by atoms with Crippen LogP contribution in [0.1, 0.15) is 37.5 Å². The lowest BCUT2D eigenvalue weighted by molar-refractivity contribution is -0.0365. The zero-order valence-electron chi connectivity index (χ0n) is 21.3. The van der Waals surface area contributed by atoms with E-state index in [2.05, 4.69) is 10.4 Å². The van der Waals surface area contributed by atoms with E-state index in [1.165, 1.54) is 0 Å². The Balaban J connectivity index is 1.21. The minimum atomic E-state index is -0.446. The summed E-state index contributed by atoms with van der Waals surface area (Å²) in [5.74, 6) is 0.712. The summed E-state index contributed by atoms with van der Waals surface area (Å²) in [7, 11) is 0. The summed E-state index contributed by atoms with van der Waals surface area (Å²) in [5, 5.41) is 22.4. The van der Waals surface area contributed by atoms with Gasteiger partial charge >= 0.3 is 6.09 Å². The third kappa shape index (κ3) is 6.32. The average Bonchev–Trinajstić information content (AvgIpc) is 3.57. The molecule has 0 saturated carbocycles. The highest BCUT2D eigenvalue weighted by molar-refractivity contribution is 5.93. The van der Waals surface area contributed by atoms with Crippen molar-refractivity contribution in [3.8, 4) is 17.1 Å². The molecule has 5 rings (SSSR count). The first-order valence-corrected chi connectivity index (χ1v) is 13.1. The van der Waals surface area contributed by atoms with Crippen LogP contribution in [0, 0.1) is 0 Å². The van der Waals surface area contributed by atoms with Crippen LogP contribution in [0.4, 0.5) is 4.79 Å². The number of ether oxygens (including phenoxy) is 3. The number of benzene rings is 2. The zero-order valence-corrected chi connectivity index (χ0v) is 21.3. The van der Waals surface area contributed by atoms with E-state index in [0.29, 0.717) is 31.9 Å². The molecule has 3 heterocycles. The van der Waals surface area contributed by atoms with Crippen LogP contribution in [0.25, 0.3) is 22.3 Å². The predicted molar refractivity (Wildman–Crippen MR) is 142 cm³/mol. The number of rotatable bonds is 11. The lowest BCUT2D eigenvalue weighted by Gasteiger charge is -2.23. The van der Waals surface area contributed by atoms with Crippen molar-refractivity contribution in [3.05, 3.63) is 66.4 Å². The smallest absolute Gasteiger partial charge is 0.407 e. The number of nitrogens with zero attached hydrogens (tertiary/aromatic N) is 4. The predicted octanol–water partition coefficient (Wildman–Crippen LogP) is 4.29. The van der Waals surface area contributed by atoms with Gasteiger partial charge in [-0.25, -0.2) is 9.48 Å². The fourth-order valence-electron chi connectivity index (χ4n) is 4.48. The Hall–Kier alpha value is -3.89. The largest absolute Gasteiger partial charge is 0.494 e. The second-order valence-electron chi connectivity index (χ2n) is 9.17. The van der Waals surface area contributed by atoms with Gasteiger partial charge in [-0.1, -0.05) is 30.3 Å². The molecule has 1 fully saturated rings. The Bertz CT molecular complexity index is 1330. The van der Waals surface area contributed by atoms with Crippen molar-refractivity contribution in [1.82, 2.24) is 24.9 Å². The number of carbonyl (C=O) groups is 1. The molecule has 2 N–H and O–H groups in total. The van der Waals surface area contributed by atoms with E-state index in [1.54, 1.807) is 4.68 Å². The van der Waals surface area contributed by atoms with Crippen LogP contribution in [-0.4, -0.2) is 57.1 Å². The normalized spacial score (nSPS) is 15.4. The van der Waals surface area contributed by atoms with Crippen LogP contribution in [0.5, 0.6) is 5.75 Å². The summed E-state index contributed by atoms with van der Waals surface area (Å²) in [6.45, 7) is 2.28. The van der Waals surface area contributed by atoms with Crippen molar-refractivity contribution in [3.63, 3.8) is 0 Å². The molecule has 4 aromatic rings. The molecule has 0 bridgehead atoms. The van der Waals surface area contributed by atoms with Crippen LogP contribution in [-0.2, 0) is 22.6 Å². The quantitative estimate of drug-likeness (QED) is 0.284. The van der Waals surface area contributed by atoms with Crippen molar-refractivity contribution in [1.29, 1.82) is 0 Å². The molecular formula is C28H33N5O5. The average molecular weight is 520 g/mol. The molecule has 2 aromatic heterocycles. The first-order chi connectivity index (χ1) is 18.7. The molecule has 1 saturated heterocycles. The van der Waals surface area contributed by atoms with E-state index in [1.807, 2.05) is 65.5 Å². The van der Waals surface area contributed by atoms with E-state index < -0.39 is 6.09 Å². The lowest BCUT2D eigenvalue weighted by Crippen LogP contribution is -2.26. The van der Waals surface area contributed by atoms with Crippen LogP contribution >= 0.6 is 0 Å². The van der Waals surface area contributed by atoms with Crippen molar-refractivity contribution >= 4 is 17.0 Å². The van der Waals surface area contributed by atoms with Crippen molar-refractivity contribution in [2.45, 2.75) is 45.1 Å². The van der Waals surface area contributed by atoms with Crippen LogP contribution in [0.3, 0.4) is 0 Å². The molecule has 0 radical (unpaired) electrons. The van der Waals surface area contributed by atoms with Gasteiger partial charge in [-0.05, 0) is 55.5 Å². The highest BCUT2D eigenvalue weighted by Crippen LogP contribution is 2.34. The van der Waals surface area contributed by atoms with Gasteiger partial charge in [-0.15, -0.1) is 0 Å². The van der Waals surface area contributed by atoms with E-state index in [4.69, 9.17) is 19.3 Å². The van der Waals surface area contributed by atoms with Gasteiger partial charge in [0.1, 0.15) is 23.7 Å². The molecule has 1 amide bonds. The molecule has 10 heteroatoms. The molecule has 1 aliphatic heterocycles. The molecule has 38 heavy (non-hydrogen) atoms. The van der Waals surface area contributed by atoms with Gasteiger partial charge in [-0.2, -0.15) is 10.2 Å². The second-order valence-corrected chi connectivity index (χ2v) is 9.17. The molecule has 200 valence electrons. The summed E-state index contributed by atoms with van der Waals surface area (Å²) < 4.78 is 20.9. The third-order valence-corrected chi connectivity index (χ3v) is 6.39. The lowest BCUT2D eigenvalue weighted by atomic mass is 10.1. The molecule has 0 spiro atoms. The molecule has 1 aliphatic rings. The van der Waals surface area contributed by atoms with E-state index in [-0.39, 0.29) is 19.4 Å². The van der Waals surface area contributed by atoms with Gasteiger partial charge in [0, 0.05) is 24.7 Å². The second kappa shape index (κ2) is 12.6. The van der Waals surface area contributed by atoms with Gasteiger partial charge in [0.15, 0.2) is 6.23 Å². The number of aliphatic hydroxyl groups excluding tert-OH is 1. The van der Waals surface area contributed by atoms with Crippen molar-refractivity contribution < 1.29 is 24.1 Å². The Labute approximate surface area is 221 Å². The SMILES string of the molecule is O=C(NCCCOc1ccc2c(c1)c(-c1ccn(CCO)n1)nn2C1CCCCO1)OCc1ccccc1. The molecule has 10 nitrogen and oxygen atoms in total. The van der Waals surface area contributed by atoms with Crippen LogP contribution in [0.15, 0.2) is 60.8 Å². The molecule has 2 aromatic carbocycles. The first kappa shape index (κ1) is 25.7. The van der Waals surface area contributed by atoms with Crippen molar-refractivity contribution in [2.24, 2.45) is 0 Å². The Kier molecular flexibility index (Phi) is 8.52. The highest BCUT2D eigenvalue weighted by atomic mass is 16.5. The topological polar surface area (TPSA) is 113 Å². The van der Waals surface area contributed by atoms with Gasteiger partial charge < -0.3 is 24.6 Å². The maximum Gasteiger partial charge on any atom is 0.407 e. The van der Waals surface area contributed by atoms with E-state index in [0.717, 1.165) is 53.7 Å². The molecule has 1 unspecified atom stereocenters. The number of aliphatic hydroxyl groups is 1. The fourth-order valence-corrected chi connectivity index (χ4v) is 4.48. The fraction of sp³-hybridized carbons (Fsp3) is 0.393. The minimum absolute atomic E-state index is 0.0177. The molecular weight excluding hydrogens is 486 g/mol. The number of carbonyl (C=O) groups excluding carboxylic acids is 1. The van der Waals surface area contributed by atoms with Gasteiger partial charge in [0.25, 0.3) is 0 Å². The number of alkyl carbamates (subject to hydrolysis) is 1. The van der Waals surface area contributed by atoms with Crippen LogP contribution in [0.2, 0.25) is 0 Å². The molecule has 1 atom stereocenters. The number of hydrogen-bond donors (Lipinski definition) is 2. The van der Waals surface area contributed by atoms with Gasteiger partial charge in [-0.3, -0.25) is 4.68 Å². The monoisotopic (exact) mass is 519 g/mol. The summed E-state index contributed by atoms with van der Waals surface area (Å²) in [4.78, 5) is 11.9. The summed E-state index contributed by atoms with van der Waals surface area (Å²) in [6.07, 6.45) is 4.98. The van der Waals surface area contributed by atoms with Crippen LogP contribution < -0.4 is 10.1 Å². The number of amides is 1.